The number of hydrogen-bond acceptors (Lipinski definition) is 3. The maximum absolute atomic E-state index is 12.0. The van der Waals surface area contributed by atoms with Crippen molar-refractivity contribution in [3.8, 4) is 11.5 Å². The van der Waals surface area contributed by atoms with E-state index in [0.717, 1.165) is 0 Å². The molecule has 0 saturated carbocycles. The normalized spacial score (nSPS) is 10.4. The van der Waals surface area contributed by atoms with Crippen LogP contribution in [-0.2, 0) is 0 Å². The van der Waals surface area contributed by atoms with Crippen molar-refractivity contribution in [2.75, 3.05) is 13.6 Å². The monoisotopic (exact) mass is 287 g/mol. The van der Waals surface area contributed by atoms with Crippen LogP contribution in [0.15, 0.2) is 18.2 Å². The van der Waals surface area contributed by atoms with E-state index in [4.69, 9.17) is 10.5 Å². The molecular formula is C9H10BF3KNO3. The summed E-state index contributed by atoms with van der Waals surface area (Å²) in [5.41, 5.74) is 5.15. The number of carbonyl (C=O) groups excluding carboxylic acids is 1. The molecule has 0 spiro atoms. The van der Waals surface area contributed by atoms with Crippen molar-refractivity contribution in [2.24, 2.45) is 5.73 Å². The number of primary amides is 1. The third kappa shape index (κ3) is 5.61. The minimum absolute atomic E-state index is 0. The van der Waals surface area contributed by atoms with Crippen molar-refractivity contribution in [2.45, 2.75) is 0 Å². The maximum Gasteiger partial charge on any atom is 1.00 e. The van der Waals surface area contributed by atoms with Gasteiger partial charge in [0, 0.05) is 5.56 Å². The number of methoxy groups -OCH3 is 1. The molecule has 0 aliphatic rings. The number of nitrogens with two attached hydrogens (primary N) is 1. The van der Waals surface area contributed by atoms with E-state index in [1.165, 1.54) is 25.3 Å². The summed E-state index contributed by atoms with van der Waals surface area (Å²) in [4.78, 5) is 10.8. The Kier molecular flexibility index (Phi) is 7.30. The number of carbonyl (C=O) groups is 1. The zero-order chi connectivity index (χ0) is 13.1. The molecule has 0 bridgehead atoms. The summed E-state index contributed by atoms with van der Waals surface area (Å²) in [5, 5.41) is 0. The minimum Gasteiger partial charge on any atom is -0.519 e. The summed E-state index contributed by atoms with van der Waals surface area (Å²) in [6.45, 7) is -6.41. The van der Waals surface area contributed by atoms with Crippen LogP contribution in [0.5, 0.6) is 11.5 Å². The van der Waals surface area contributed by atoms with Crippen LogP contribution >= 0.6 is 0 Å². The molecule has 9 heteroatoms. The summed E-state index contributed by atoms with van der Waals surface area (Å²) >= 11 is 0. The van der Waals surface area contributed by atoms with Crippen molar-refractivity contribution < 1.29 is 78.6 Å². The van der Waals surface area contributed by atoms with E-state index >= 15 is 0 Å². The third-order valence-electron chi connectivity index (χ3n) is 1.88. The average molecular weight is 287 g/mol. The van der Waals surface area contributed by atoms with Crippen LogP contribution in [0.2, 0.25) is 0 Å². The Balaban J connectivity index is 0.00000289. The van der Waals surface area contributed by atoms with Crippen molar-refractivity contribution in [1.82, 2.24) is 0 Å². The number of rotatable bonds is 5. The molecule has 0 aliphatic heterocycles. The second-order valence-electron chi connectivity index (χ2n) is 3.25. The summed E-state index contributed by atoms with van der Waals surface area (Å²) in [7, 11) is 1.26. The van der Waals surface area contributed by atoms with Crippen LogP contribution in [-0.4, -0.2) is 26.5 Å². The van der Waals surface area contributed by atoms with Gasteiger partial charge in [-0.1, -0.05) is 0 Å². The molecule has 18 heavy (non-hydrogen) atoms. The van der Waals surface area contributed by atoms with E-state index in [9.17, 15) is 17.7 Å². The van der Waals surface area contributed by atoms with Gasteiger partial charge >= 0.3 is 58.4 Å². The Morgan fingerprint density at radius 1 is 1.33 bits per heavy atom. The largest absolute Gasteiger partial charge is 1.00 e. The molecule has 0 radical (unpaired) electrons. The van der Waals surface area contributed by atoms with Gasteiger partial charge in [0.1, 0.15) is 0 Å². The smallest absolute Gasteiger partial charge is 0.519 e. The fourth-order valence-electron chi connectivity index (χ4n) is 1.12. The Hall–Kier alpha value is -0.219. The van der Waals surface area contributed by atoms with Gasteiger partial charge < -0.3 is 28.2 Å². The van der Waals surface area contributed by atoms with Gasteiger partial charge in [0.15, 0.2) is 11.5 Å². The molecule has 2 N–H and O–H groups in total. The molecule has 0 saturated heterocycles. The molecule has 0 unspecified atom stereocenters. The Morgan fingerprint density at radius 2 is 1.94 bits per heavy atom. The van der Waals surface area contributed by atoms with E-state index in [0.29, 0.717) is 0 Å². The SMILES string of the molecule is COc1cc(C(N)=O)ccc1OC[B-](F)(F)F.[K+]. The summed E-state index contributed by atoms with van der Waals surface area (Å²) < 4.78 is 45.4. The topological polar surface area (TPSA) is 61.5 Å². The summed E-state index contributed by atoms with van der Waals surface area (Å²) in [6, 6.07) is 3.70. The first-order valence-electron chi connectivity index (χ1n) is 4.65. The van der Waals surface area contributed by atoms with E-state index in [2.05, 4.69) is 4.74 Å². The van der Waals surface area contributed by atoms with E-state index in [1.54, 1.807) is 0 Å². The summed E-state index contributed by atoms with van der Waals surface area (Å²) in [6.07, 6.45) is 0. The Bertz CT molecular complexity index is 428. The zero-order valence-corrected chi connectivity index (χ0v) is 13.1. The van der Waals surface area contributed by atoms with Crippen LogP contribution in [0.25, 0.3) is 0 Å². The van der Waals surface area contributed by atoms with Crippen LogP contribution in [0.4, 0.5) is 12.9 Å². The molecule has 1 rings (SSSR count). The molecular weight excluding hydrogens is 277 g/mol. The van der Waals surface area contributed by atoms with Crippen LogP contribution < -0.4 is 66.6 Å². The fourth-order valence-corrected chi connectivity index (χ4v) is 1.12. The van der Waals surface area contributed by atoms with E-state index in [-0.39, 0.29) is 68.4 Å². The van der Waals surface area contributed by atoms with E-state index < -0.39 is 19.4 Å². The molecule has 1 aromatic rings. The van der Waals surface area contributed by atoms with Crippen molar-refractivity contribution in [3.63, 3.8) is 0 Å². The van der Waals surface area contributed by atoms with Gasteiger partial charge in [-0.3, -0.25) is 4.79 Å². The zero-order valence-electron chi connectivity index (χ0n) is 9.95. The average Bonchev–Trinajstić information content (AvgIpc) is 2.24. The molecule has 1 amide bonds. The molecule has 4 nitrogen and oxygen atoms in total. The van der Waals surface area contributed by atoms with Crippen LogP contribution in [0.1, 0.15) is 10.4 Å². The fraction of sp³-hybridized carbons (Fsp3) is 0.222. The molecule has 0 aliphatic carbocycles. The number of ether oxygens (including phenoxy) is 2. The quantitative estimate of drug-likeness (QED) is 0.675. The molecule has 0 atom stereocenters. The molecule has 0 fully saturated rings. The van der Waals surface area contributed by atoms with Crippen molar-refractivity contribution in [1.29, 1.82) is 0 Å². The van der Waals surface area contributed by atoms with Gasteiger partial charge in [0.2, 0.25) is 5.91 Å². The van der Waals surface area contributed by atoms with Crippen molar-refractivity contribution in [3.05, 3.63) is 23.8 Å². The van der Waals surface area contributed by atoms with Crippen LogP contribution in [0.3, 0.4) is 0 Å². The molecule has 0 heterocycles. The van der Waals surface area contributed by atoms with Crippen LogP contribution in [0, 0.1) is 0 Å². The second-order valence-corrected chi connectivity index (χ2v) is 3.25. The van der Waals surface area contributed by atoms with E-state index in [1.807, 2.05) is 0 Å². The maximum atomic E-state index is 12.0. The first kappa shape index (κ1) is 17.8. The van der Waals surface area contributed by atoms with Gasteiger partial charge in [0.05, 0.1) is 13.6 Å². The standard InChI is InChI=1S/C9H10BF3NO3.K/c1-16-8-4-6(9(14)15)2-3-7(8)17-5-10(11,12)13;/h2-4H,5H2,1H3,(H2,14,15);/q-1;+1. The van der Waals surface area contributed by atoms with Gasteiger partial charge in [-0.2, -0.15) is 0 Å². The third-order valence-corrected chi connectivity index (χ3v) is 1.88. The number of halogens is 3. The predicted molar refractivity (Wildman–Crippen MR) is 56.1 cm³/mol. The first-order chi connectivity index (χ1) is 7.83. The van der Waals surface area contributed by atoms with Gasteiger partial charge in [-0.05, 0) is 18.2 Å². The second kappa shape index (κ2) is 7.39. The number of benzene rings is 1. The van der Waals surface area contributed by atoms with Gasteiger partial charge in [0.25, 0.3) is 0 Å². The van der Waals surface area contributed by atoms with Gasteiger partial charge in [-0.15, -0.1) is 0 Å². The molecule has 0 aromatic heterocycles. The number of amides is 1. The summed E-state index contributed by atoms with van der Waals surface area (Å²) in [5.74, 6) is -0.757. The molecule has 1 aromatic carbocycles. The predicted octanol–water partition coefficient (Wildman–Crippen LogP) is -1.44. The van der Waals surface area contributed by atoms with Crippen molar-refractivity contribution >= 4 is 12.9 Å². The Labute approximate surface area is 144 Å². The Morgan fingerprint density at radius 3 is 2.39 bits per heavy atom. The first-order valence-corrected chi connectivity index (χ1v) is 4.65. The minimum atomic E-state index is -5.04. The van der Waals surface area contributed by atoms with Gasteiger partial charge in [-0.25, -0.2) is 0 Å². The number of hydrogen-bond donors (Lipinski definition) is 1. The molecule has 94 valence electrons.